The minimum Gasteiger partial charge on any atom is -0.497 e. The maximum Gasteiger partial charge on any atom is 0.306 e. The van der Waals surface area contributed by atoms with E-state index >= 15 is 0 Å². The summed E-state index contributed by atoms with van der Waals surface area (Å²) in [7, 11) is 4.67. The van der Waals surface area contributed by atoms with Gasteiger partial charge in [0.2, 0.25) is 11.9 Å². The molecule has 6 rings (SSSR count). The van der Waals surface area contributed by atoms with Crippen LogP contribution < -0.4 is 20.3 Å². The van der Waals surface area contributed by atoms with Crippen molar-refractivity contribution in [2.24, 2.45) is 5.92 Å². The highest BCUT2D eigenvalue weighted by Gasteiger charge is 2.53. The van der Waals surface area contributed by atoms with E-state index in [1.54, 1.807) is 28.1 Å². The van der Waals surface area contributed by atoms with Gasteiger partial charge in [0.15, 0.2) is 17.4 Å². The summed E-state index contributed by atoms with van der Waals surface area (Å²) in [5.41, 5.74) is 0.117. The molecular weight excluding hydrogens is 766 g/mol. The van der Waals surface area contributed by atoms with Crippen LogP contribution in [0.1, 0.15) is 49.6 Å². The Bertz CT molecular complexity index is 2210. The highest BCUT2D eigenvalue weighted by Crippen LogP contribution is 2.46. The SMILES string of the molecule is COCCO[C@@H]1[C@H](OC(c2ccccc2)(c2ccc(OC)cc2)c2ccc(OC)cc2)[C@@H](COC(=O)CCC(=O)O)O[C@H]1n1cnc2c(=O)[nH]c(NC(=O)C(C)C)nc21. The number of imidazole rings is 1. The fraction of sp³-hybridized carbons (Fsp3) is 0.381. The van der Waals surface area contributed by atoms with Gasteiger partial charge in [-0.25, -0.2) is 4.98 Å². The first-order valence-electron chi connectivity index (χ1n) is 18.9. The Morgan fingerprint density at radius 3 is 2.08 bits per heavy atom. The summed E-state index contributed by atoms with van der Waals surface area (Å²) in [6.07, 6.45) is -3.73. The second kappa shape index (κ2) is 19.1. The van der Waals surface area contributed by atoms with Gasteiger partial charge < -0.3 is 38.3 Å². The first-order valence-corrected chi connectivity index (χ1v) is 18.9. The van der Waals surface area contributed by atoms with E-state index in [4.69, 9.17) is 33.2 Å². The quantitative estimate of drug-likeness (QED) is 0.0598. The van der Waals surface area contributed by atoms with Gasteiger partial charge in [-0.15, -0.1) is 0 Å². The van der Waals surface area contributed by atoms with Gasteiger partial charge in [-0.2, -0.15) is 4.98 Å². The van der Waals surface area contributed by atoms with Crippen molar-refractivity contribution in [2.75, 3.05) is 46.5 Å². The molecule has 312 valence electrons. The van der Waals surface area contributed by atoms with E-state index < -0.39 is 60.0 Å². The Morgan fingerprint density at radius 2 is 1.51 bits per heavy atom. The van der Waals surface area contributed by atoms with Crippen LogP contribution in [-0.4, -0.2) is 102 Å². The molecule has 4 atom stereocenters. The summed E-state index contributed by atoms with van der Waals surface area (Å²) in [4.78, 5) is 61.6. The number of H-pyrrole nitrogens is 1. The highest BCUT2D eigenvalue weighted by atomic mass is 16.6. The zero-order chi connectivity index (χ0) is 42.1. The van der Waals surface area contributed by atoms with Gasteiger partial charge in [-0.05, 0) is 41.0 Å². The number of rotatable bonds is 19. The molecule has 5 aromatic rings. The lowest BCUT2D eigenvalue weighted by atomic mass is 9.79. The van der Waals surface area contributed by atoms with Crippen molar-refractivity contribution in [3.8, 4) is 11.5 Å². The van der Waals surface area contributed by atoms with Crippen molar-refractivity contribution in [3.05, 3.63) is 112 Å². The zero-order valence-electron chi connectivity index (χ0n) is 33.3. The molecule has 3 aromatic carbocycles. The van der Waals surface area contributed by atoms with Crippen molar-refractivity contribution in [2.45, 2.75) is 56.8 Å². The molecule has 3 N–H and O–H groups in total. The number of ether oxygens (including phenoxy) is 7. The topological polar surface area (TPSA) is 212 Å². The molecule has 0 unspecified atom stereocenters. The lowest BCUT2D eigenvalue weighted by molar-refractivity contribution is -0.157. The number of methoxy groups -OCH3 is 3. The first-order chi connectivity index (χ1) is 28.5. The summed E-state index contributed by atoms with van der Waals surface area (Å²) in [6, 6.07) is 24.3. The molecule has 1 aliphatic rings. The standard InChI is InChI=1S/C42H47N5O12/c1-25(2)38(51)45-41-44-37-34(39(52)46-41)43-24-47(37)40-36(56-22-21-53-3)35(31(58-40)23-57-33(50)20-19-32(48)49)59-42(26-9-7-6-8-10-26,27-11-15-29(54-4)16-12-27)28-13-17-30(55-5)18-14-28/h6-18,24-25,31,35-36,40H,19-23H2,1-5H3,(H,48,49)(H2,44,45,46,51,52)/t31-,35-,36-,40-/m1/s1. The molecule has 1 fully saturated rings. The zero-order valence-corrected chi connectivity index (χ0v) is 33.3. The number of aromatic nitrogens is 4. The number of fused-ring (bicyclic) bond motifs is 1. The van der Waals surface area contributed by atoms with Crippen LogP contribution in [-0.2, 0) is 43.7 Å². The first kappa shape index (κ1) is 42.5. The molecule has 1 aliphatic heterocycles. The Balaban J connectivity index is 1.54. The average Bonchev–Trinajstić information content (AvgIpc) is 3.82. The van der Waals surface area contributed by atoms with Gasteiger partial charge in [0.1, 0.15) is 42.0 Å². The predicted molar refractivity (Wildman–Crippen MR) is 212 cm³/mol. The van der Waals surface area contributed by atoms with E-state index in [-0.39, 0.29) is 49.3 Å². The lowest BCUT2D eigenvalue weighted by Crippen LogP contribution is -2.46. The second-order valence-corrected chi connectivity index (χ2v) is 13.9. The Labute approximate surface area is 339 Å². The van der Waals surface area contributed by atoms with E-state index in [0.717, 1.165) is 5.56 Å². The number of nitrogens with zero attached hydrogens (tertiary/aromatic N) is 3. The highest BCUT2D eigenvalue weighted by molar-refractivity contribution is 5.91. The van der Waals surface area contributed by atoms with Crippen LogP contribution in [0, 0.1) is 5.92 Å². The minimum atomic E-state index is -1.40. The van der Waals surface area contributed by atoms with Crippen molar-refractivity contribution in [1.29, 1.82) is 0 Å². The second-order valence-electron chi connectivity index (χ2n) is 13.9. The number of hydrogen-bond acceptors (Lipinski definition) is 13. The van der Waals surface area contributed by atoms with Crippen molar-refractivity contribution >= 4 is 35.0 Å². The van der Waals surface area contributed by atoms with Gasteiger partial charge in [0.25, 0.3) is 5.56 Å². The fourth-order valence-electron chi connectivity index (χ4n) is 6.77. The predicted octanol–water partition coefficient (Wildman–Crippen LogP) is 4.45. The number of carbonyl (C=O) groups excluding carboxylic acids is 2. The summed E-state index contributed by atoms with van der Waals surface area (Å²) < 4.78 is 44.4. The summed E-state index contributed by atoms with van der Waals surface area (Å²) in [6.45, 7) is 3.26. The molecule has 0 bridgehead atoms. The molecule has 0 saturated carbocycles. The molecular formula is C42H47N5O12. The van der Waals surface area contributed by atoms with Gasteiger partial charge in [-0.1, -0.05) is 68.4 Å². The third-order valence-corrected chi connectivity index (χ3v) is 9.79. The van der Waals surface area contributed by atoms with Crippen LogP contribution in [0.25, 0.3) is 11.2 Å². The number of nitrogens with one attached hydrogen (secondary N) is 2. The van der Waals surface area contributed by atoms with Gasteiger partial charge >= 0.3 is 11.9 Å². The van der Waals surface area contributed by atoms with E-state index in [9.17, 15) is 24.3 Å². The normalized spacial score (nSPS) is 17.9. The average molecular weight is 814 g/mol. The van der Waals surface area contributed by atoms with Gasteiger partial charge in [0, 0.05) is 13.0 Å². The molecule has 59 heavy (non-hydrogen) atoms. The van der Waals surface area contributed by atoms with Crippen molar-refractivity contribution < 1.29 is 52.6 Å². The third kappa shape index (κ3) is 9.44. The van der Waals surface area contributed by atoms with E-state index in [1.165, 1.54) is 18.0 Å². The van der Waals surface area contributed by atoms with Crippen LogP contribution >= 0.6 is 0 Å². The number of esters is 1. The van der Waals surface area contributed by atoms with Crippen LogP contribution in [0.2, 0.25) is 0 Å². The number of aliphatic carboxylic acids is 1. The smallest absolute Gasteiger partial charge is 0.306 e. The molecule has 0 radical (unpaired) electrons. The summed E-state index contributed by atoms with van der Waals surface area (Å²) in [5, 5.41) is 11.9. The molecule has 0 aliphatic carbocycles. The number of hydrogen-bond donors (Lipinski definition) is 3. The van der Waals surface area contributed by atoms with Gasteiger partial charge in [-0.3, -0.25) is 34.0 Å². The van der Waals surface area contributed by atoms with E-state index in [2.05, 4.69) is 20.3 Å². The Kier molecular flexibility index (Phi) is 13.7. The number of anilines is 1. The van der Waals surface area contributed by atoms with E-state index in [1.807, 2.05) is 78.9 Å². The van der Waals surface area contributed by atoms with Crippen molar-refractivity contribution in [3.63, 3.8) is 0 Å². The van der Waals surface area contributed by atoms with Crippen LogP contribution in [0.3, 0.4) is 0 Å². The molecule has 2 aromatic heterocycles. The Morgan fingerprint density at radius 1 is 0.881 bits per heavy atom. The lowest BCUT2D eigenvalue weighted by Gasteiger charge is -2.40. The number of carboxylic acids is 1. The van der Waals surface area contributed by atoms with Gasteiger partial charge in [0.05, 0.1) is 46.6 Å². The van der Waals surface area contributed by atoms with Crippen LogP contribution in [0.15, 0.2) is 90.0 Å². The van der Waals surface area contributed by atoms with E-state index in [0.29, 0.717) is 22.6 Å². The summed E-state index contributed by atoms with van der Waals surface area (Å²) >= 11 is 0. The third-order valence-electron chi connectivity index (χ3n) is 9.79. The molecule has 17 heteroatoms. The fourth-order valence-corrected chi connectivity index (χ4v) is 6.77. The molecule has 1 saturated heterocycles. The number of amides is 1. The largest absolute Gasteiger partial charge is 0.497 e. The Hall–Kier alpha value is -6.14. The van der Waals surface area contributed by atoms with Crippen LogP contribution in [0.5, 0.6) is 11.5 Å². The number of benzene rings is 3. The number of aromatic amines is 1. The molecule has 17 nitrogen and oxygen atoms in total. The maximum atomic E-state index is 13.3. The molecule has 0 spiro atoms. The van der Waals surface area contributed by atoms with Crippen molar-refractivity contribution in [1.82, 2.24) is 19.5 Å². The maximum absolute atomic E-state index is 13.3. The van der Waals surface area contributed by atoms with Crippen LogP contribution in [0.4, 0.5) is 5.95 Å². The number of carboxylic acid groups (broad SMARTS) is 1. The monoisotopic (exact) mass is 813 g/mol. The molecule has 3 heterocycles. The number of carbonyl (C=O) groups is 3. The molecule has 1 amide bonds. The minimum absolute atomic E-state index is 0.0390. The summed E-state index contributed by atoms with van der Waals surface area (Å²) in [5.74, 6) is -1.57.